The van der Waals surface area contributed by atoms with E-state index >= 15 is 0 Å². The number of rotatable bonds is 11. The van der Waals surface area contributed by atoms with Crippen molar-refractivity contribution in [3.05, 3.63) is 81.8 Å². The van der Waals surface area contributed by atoms with Crippen molar-refractivity contribution in [2.75, 3.05) is 51.1 Å². The molecule has 0 aromatic heterocycles. The van der Waals surface area contributed by atoms with Gasteiger partial charge in [0.15, 0.2) is 0 Å². The van der Waals surface area contributed by atoms with Crippen molar-refractivity contribution in [2.24, 2.45) is 5.73 Å². The Kier molecular flexibility index (Phi) is 13.6. The maximum atomic E-state index is 13.1. The van der Waals surface area contributed by atoms with E-state index < -0.39 is 38.2 Å². The van der Waals surface area contributed by atoms with Crippen molar-refractivity contribution >= 4 is 60.5 Å². The second-order valence-electron chi connectivity index (χ2n) is 12.5. The van der Waals surface area contributed by atoms with E-state index in [0.717, 1.165) is 0 Å². The van der Waals surface area contributed by atoms with Gasteiger partial charge in [0.1, 0.15) is 57.5 Å². The molecular formula is C36H37Cl2F3N4O11S2. The van der Waals surface area contributed by atoms with E-state index in [1.54, 1.807) is 18.2 Å². The minimum absolute atomic E-state index is 0.00206. The highest BCUT2D eigenvalue weighted by Crippen LogP contribution is 2.42. The molecule has 0 saturated carbocycles. The molecule has 4 aromatic carbocycles. The molecule has 15 nitrogen and oxygen atoms in total. The largest absolute Gasteiger partial charge is 0.496 e. The Bertz CT molecular complexity index is 2410. The third-order valence-electron chi connectivity index (χ3n) is 8.57. The average Bonchev–Trinajstić information content (AvgIpc) is 3.16. The molecule has 0 saturated heterocycles. The second kappa shape index (κ2) is 17.9. The lowest BCUT2D eigenvalue weighted by molar-refractivity contribution is -0.174. The van der Waals surface area contributed by atoms with E-state index in [1.165, 1.54) is 70.9 Å². The number of anilines is 2. The second-order valence-corrected chi connectivity index (χ2v) is 16.7. The number of amides is 1. The van der Waals surface area contributed by atoms with Gasteiger partial charge in [-0.3, -0.25) is 14.2 Å². The molecule has 22 heteroatoms. The van der Waals surface area contributed by atoms with Crippen molar-refractivity contribution in [2.45, 2.75) is 40.9 Å². The Morgan fingerprint density at radius 2 is 1.10 bits per heavy atom. The monoisotopic (exact) mass is 892 g/mol. The van der Waals surface area contributed by atoms with Gasteiger partial charge in [-0.25, -0.2) is 16.8 Å². The van der Waals surface area contributed by atoms with Crippen molar-refractivity contribution in [3.8, 4) is 34.5 Å². The number of carbonyl (C=O) groups excluding carboxylic acids is 1. The van der Waals surface area contributed by atoms with Crippen molar-refractivity contribution < 1.29 is 63.2 Å². The summed E-state index contributed by atoms with van der Waals surface area (Å²) in [4.78, 5) is 11.0. The number of hydrogen-bond donors (Lipinski definition) is 4. The van der Waals surface area contributed by atoms with E-state index in [-0.39, 0.29) is 80.4 Å². The molecule has 6 rings (SSSR count). The van der Waals surface area contributed by atoms with Crippen LogP contribution in [-0.4, -0.2) is 82.7 Å². The average molecular weight is 894 g/mol. The summed E-state index contributed by atoms with van der Waals surface area (Å²) < 4.78 is 127. The van der Waals surface area contributed by atoms with Gasteiger partial charge in [-0.1, -0.05) is 23.2 Å². The van der Waals surface area contributed by atoms with Gasteiger partial charge in [-0.2, -0.15) is 13.2 Å². The first kappa shape index (κ1) is 44.1. The summed E-state index contributed by atoms with van der Waals surface area (Å²) in [7, 11) is -2.56. The maximum Gasteiger partial charge on any atom is 0.471 e. The van der Waals surface area contributed by atoms with Crippen LogP contribution in [0.25, 0.3) is 0 Å². The van der Waals surface area contributed by atoms with Crippen LogP contribution >= 0.6 is 23.2 Å². The first-order valence-corrected chi connectivity index (χ1v) is 20.5. The lowest BCUT2D eigenvalue weighted by Crippen LogP contribution is -2.48. The number of nitrogens with one attached hydrogen (secondary N) is 3. The van der Waals surface area contributed by atoms with E-state index in [4.69, 9.17) is 57.4 Å². The summed E-state index contributed by atoms with van der Waals surface area (Å²) >= 11 is 11.9. The van der Waals surface area contributed by atoms with Crippen LogP contribution in [0.15, 0.2) is 70.5 Å². The van der Waals surface area contributed by atoms with Gasteiger partial charge in [0.05, 0.1) is 45.9 Å². The lowest BCUT2D eigenvalue weighted by atomic mass is 10.0. The maximum absolute atomic E-state index is 13.1. The first-order valence-electron chi connectivity index (χ1n) is 16.8. The quantitative estimate of drug-likeness (QED) is 0.146. The van der Waals surface area contributed by atoms with E-state index in [9.17, 15) is 34.8 Å². The predicted octanol–water partition coefficient (Wildman–Crippen LogP) is 5.56. The van der Waals surface area contributed by atoms with Crippen LogP contribution in [0, 0.1) is 0 Å². The van der Waals surface area contributed by atoms with Gasteiger partial charge in [0.2, 0.25) is 0 Å². The molecule has 0 bridgehead atoms. The van der Waals surface area contributed by atoms with Crippen LogP contribution in [-0.2, 0) is 37.7 Å². The molecule has 2 aliphatic rings. The molecule has 2 heterocycles. The Labute approximate surface area is 341 Å². The summed E-state index contributed by atoms with van der Waals surface area (Å²) in [5.41, 5.74) is 7.08. The molecule has 5 N–H and O–H groups in total. The number of fused-ring (bicyclic) bond motifs is 2. The molecule has 4 aromatic rings. The normalized spacial score (nSPS) is 16.1. The molecule has 314 valence electrons. The highest BCUT2D eigenvalue weighted by Gasteiger charge is 2.41. The summed E-state index contributed by atoms with van der Waals surface area (Å²) in [6, 6.07) is 13.4. The molecule has 2 atom stereocenters. The summed E-state index contributed by atoms with van der Waals surface area (Å²) in [5, 5.41) is 2.47. The molecule has 0 radical (unpaired) electrons. The number of nitrogens with two attached hydrogens (primary N) is 1. The number of hydrogen-bond acceptors (Lipinski definition) is 12. The van der Waals surface area contributed by atoms with Crippen LogP contribution in [0.5, 0.6) is 34.5 Å². The van der Waals surface area contributed by atoms with Crippen LogP contribution in [0.1, 0.15) is 11.1 Å². The number of ether oxygens (including phenoxy) is 6. The number of sulfonamides is 2. The van der Waals surface area contributed by atoms with Gasteiger partial charge in [-0.05, 0) is 67.1 Å². The van der Waals surface area contributed by atoms with Gasteiger partial charge >= 0.3 is 12.1 Å². The highest BCUT2D eigenvalue weighted by atomic mass is 35.5. The van der Waals surface area contributed by atoms with Crippen LogP contribution in [0.3, 0.4) is 0 Å². The molecule has 0 spiro atoms. The Morgan fingerprint density at radius 3 is 1.53 bits per heavy atom. The summed E-state index contributed by atoms with van der Waals surface area (Å²) in [6.45, 7) is -0.145. The van der Waals surface area contributed by atoms with Gasteiger partial charge in [-0.15, -0.1) is 0 Å². The third-order valence-corrected chi connectivity index (χ3v) is 11.8. The Balaban J connectivity index is 0.000000226. The lowest BCUT2D eigenvalue weighted by Gasteiger charge is -2.29. The van der Waals surface area contributed by atoms with E-state index in [1.807, 2.05) is 5.32 Å². The molecular weight excluding hydrogens is 856 g/mol. The zero-order chi connectivity index (χ0) is 42.6. The highest BCUT2D eigenvalue weighted by molar-refractivity contribution is 7.93. The molecule has 2 aliphatic heterocycles. The Hall–Kier alpha value is -5.02. The van der Waals surface area contributed by atoms with Crippen LogP contribution in [0.4, 0.5) is 24.5 Å². The predicted molar refractivity (Wildman–Crippen MR) is 208 cm³/mol. The van der Waals surface area contributed by atoms with Crippen LogP contribution < -0.4 is 48.9 Å². The molecule has 0 aliphatic carbocycles. The fourth-order valence-corrected chi connectivity index (χ4v) is 8.77. The number of benzene rings is 4. The Morgan fingerprint density at radius 1 is 0.690 bits per heavy atom. The van der Waals surface area contributed by atoms with Gasteiger partial charge in [0.25, 0.3) is 20.0 Å². The fraction of sp³-hybridized carbons (Fsp3) is 0.306. The molecule has 0 fully saturated rings. The molecule has 0 unspecified atom stereocenters. The van der Waals surface area contributed by atoms with Gasteiger partial charge in [0, 0.05) is 33.6 Å². The fourth-order valence-electron chi connectivity index (χ4n) is 5.97. The minimum atomic E-state index is -5.06. The third kappa shape index (κ3) is 9.98. The van der Waals surface area contributed by atoms with Crippen molar-refractivity contribution in [1.29, 1.82) is 0 Å². The number of carbonyl (C=O) groups is 1. The zero-order valence-electron chi connectivity index (χ0n) is 31.0. The van der Waals surface area contributed by atoms with Crippen LogP contribution in [0.2, 0.25) is 10.0 Å². The van der Waals surface area contributed by atoms with Crippen molar-refractivity contribution in [3.63, 3.8) is 0 Å². The number of alkyl halides is 3. The minimum Gasteiger partial charge on any atom is -0.496 e. The smallest absolute Gasteiger partial charge is 0.471 e. The number of methoxy groups -OCH3 is 4. The molecule has 58 heavy (non-hydrogen) atoms. The van der Waals surface area contributed by atoms with Crippen molar-refractivity contribution in [1.82, 2.24) is 5.32 Å². The zero-order valence-corrected chi connectivity index (χ0v) is 34.2. The van der Waals surface area contributed by atoms with E-state index in [2.05, 4.69) is 9.44 Å². The topological polar surface area (TPSA) is 203 Å². The van der Waals surface area contributed by atoms with Gasteiger partial charge < -0.3 is 39.5 Å². The number of halogens is 5. The summed E-state index contributed by atoms with van der Waals surface area (Å²) in [5.74, 6) is -0.652. The standard InChI is InChI=1S/C19H18ClF3N2O6S.C17H19ClN2O5S/c1-29-14-5-6-16(32(27,28)25-13-7-10(20)3-4-15(13)30-2)17-12(14)8-11(9-31-17)24-18(26)19(21,22)23;1-23-14-5-6-16(17-12(14)8-11(19)9-25-17)26(21,22)20-13-7-10(18)3-4-15(13)24-2/h3-7,11,25H,8-9H2,1-2H3,(H,24,26);3-7,11,20H,8-9,19H2,1-2H3/t2*11-/m11/s1. The molecule has 1 amide bonds. The summed E-state index contributed by atoms with van der Waals surface area (Å²) in [6.07, 6.45) is -4.73. The van der Waals surface area contributed by atoms with E-state index in [0.29, 0.717) is 28.5 Å². The first-order chi connectivity index (χ1) is 27.3. The SMILES string of the molecule is COc1ccc(Cl)cc1NS(=O)(=O)c1ccc(OC)c2c1OC[C@H](N)C2.COc1ccc(Cl)cc1NS(=O)(=O)c1ccc(OC)c2c1OC[C@H](NC(=O)C(F)(F)F)C2.